The molecule has 1 aromatic carbocycles. The summed E-state index contributed by atoms with van der Waals surface area (Å²) in [4.78, 5) is 13.6. The highest BCUT2D eigenvalue weighted by molar-refractivity contribution is 6.60. The normalized spacial score (nSPS) is 10.2. The van der Waals surface area contributed by atoms with Crippen molar-refractivity contribution in [1.82, 2.24) is 4.90 Å². The second-order valence-corrected chi connectivity index (χ2v) is 3.58. The van der Waals surface area contributed by atoms with Gasteiger partial charge in [0.15, 0.2) is 0 Å². The van der Waals surface area contributed by atoms with E-state index in [1.807, 2.05) is 13.8 Å². The lowest BCUT2D eigenvalue weighted by atomic mass is 9.76. The van der Waals surface area contributed by atoms with E-state index in [1.165, 1.54) is 11.0 Å². The Balaban J connectivity index is 3.16. The number of benzene rings is 1. The van der Waals surface area contributed by atoms with Gasteiger partial charge in [-0.1, -0.05) is 0 Å². The molecule has 0 aliphatic heterocycles. The molecule has 0 spiro atoms. The molecule has 0 aromatic heterocycles. The quantitative estimate of drug-likeness (QED) is 0.726. The Bertz CT molecular complexity index is 408. The summed E-state index contributed by atoms with van der Waals surface area (Å²) >= 11 is 0. The van der Waals surface area contributed by atoms with Crippen LogP contribution >= 0.6 is 0 Å². The highest BCUT2D eigenvalue weighted by Gasteiger charge is 2.23. The summed E-state index contributed by atoms with van der Waals surface area (Å²) in [5.41, 5.74) is 0.00648. The minimum Gasteiger partial charge on any atom is -0.423 e. The van der Waals surface area contributed by atoms with Gasteiger partial charge in [-0.2, -0.15) is 0 Å². The van der Waals surface area contributed by atoms with Crippen LogP contribution in [0.2, 0.25) is 0 Å². The van der Waals surface area contributed by atoms with E-state index < -0.39 is 12.9 Å². The lowest BCUT2D eigenvalue weighted by Crippen LogP contribution is -2.40. The van der Waals surface area contributed by atoms with Crippen molar-refractivity contribution in [2.45, 2.75) is 13.8 Å². The molecule has 6 heteroatoms. The van der Waals surface area contributed by atoms with E-state index >= 15 is 0 Å². The third-order valence-corrected chi connectivity index (χ3v) is 2.57. The van der Waals surface area contributed by atoms with Crippen LogP contribution in [-0.4, -0.2) is 41.1 Å². The molecule has 1 amide bonds. The molecule has 0 aliphatic rings. The Morgan fingerprint density at radius 2 is 1.94 bits per heavy atom. The van der Waals surface area contributed by atoms with Gasteiger partial charge in [0.1, 0.15) is 5.82 Å². The van der Waals surface area contributed by atoms with E-state index in [2.05, 4.69) is 0 Å². The Morgan fingerprint density at radius 1 is 1.35 bits per heavy atom. The third kappa shape index (κ3) is 3.05. The van der Waals surface area contributed by atoms with Crippen LogP contribution in [0.25, 0.3) is 0 Å². The minimum absolute atomic E-state index is 0.109. The first kappa shape index (κ1) is 13.7. The lowest BCUT2D eigenvalue weighted by Gasteiger charge is -2.20. The predicted molar refractivity (Wildman–Crippen MR) is 63.5 cm³/mol. The van der Waals surface area contributed by atoms with Gasteiger partial charge in [0.25, 0.3) is 5.91 Å². The molecule has 1 aromatic rings. The summed E-state index contributed by atoms with van der Waals surface area (Å²) in [5.74, 6) is -0.942. The Morgan fingerprint density at radius 3 is 2.41 bits per heavy atom. The van der Waals surface area contributed by atoms with E-state index in [0.717, 1.165) is 12.1 Å². The van der Waals surface area contributed by atoms with Crippen molar-refractivity contribution in [2.75, 3.05) is 13.1 Å². The molecule has 1 rings (SSSR count). The van der Waals surface area contributed by atoms with Crippen molar-refractivity contribution in [2.24, 2.45) is 0 Å². The minimum atomic E-state index is -1.86. The second-order valence-electron chi connectivity index (χ2n) is 3.58. The molecule has 0 saturated carbocycles. The van der Waals surface area contributed by atoms with Crippen molar-refractivity contribution >= 4 is 18.5 Å². The topological polar surface area (TPSA) is 60.8 Å². The average Bonchev–Trinajstić information content (AvgIpc) is 2.30. The van der Waals surface area contributed by atoms with Gasteiger partial charge in [0.05, 0.1) is 0 Å². The third-order valence-electron chi connectivity index (χ3n) is 2.57. The molecule has 0 heterocycles. The van der Waals surface area contributed by atoms with Crippen molar-refractivity contribution in [3.63, 3.8) is 0 Å². The van der Waals surface area contributed by atoms with E-state index in [0.29, 0.717) is 13.1 Å². The van der Waals surface area contributed by atoms with Crippen LogP contribution in [0.4, 0.5) is 4.39 Å². The van der Waals surface area contributed by atoms with Gasteiger partial charge < -0.3 is 14.9 Å². The smallest absolute Gasteiger partial charge is 0.423 e. The molecule has 0 bridgehead atoms. The zero-order valence-electron chi connectivity index (χ0n) is 9.85. The lowest BCUT2D eigenvalue weighted by molar-refractivity contribution is 0.0774. The number of hydrogen-bond donors (Lipinski definition) is 2. The zero-order valence-corrected chi connectivity index (χ0v) is 9.85. The van der Waals surface area contributed by atoms with Gasteiger partial charge in [-0.3, -0.25) is 4.79 Å². The average molecular weight is 239 g/mol. The fourth-order valence-corrected chi connectivity index (χ4v) is 1.62. The van der Waals surface area contributed by atoms with Crippen LogP contribution in [0, 0.1) is 5.82 Å². The van der Waals surface area contributed by atoms with Crippen molar-refractivity contribution < 1.29 is 19.2 Å². The molecule has 0 atom stereocenters. The monoisotopic (exact) mass is 239 g/mol. The number of amides is 1. The van der Waals surface area contributed by atoms with Crippen LogP contribution in [0.5, 0.6) is 0 Å². The Hall–Kier alpha value is -1.40. The van der Waals surface area contributed by atoms with Gasteiger partial charge in [-0.25, -0.2) is 4.39 Å². The van der Waals surface area contributed by atoms with Gasteiger partial charge in [0, 0.05) is 18.7 Å². The Labute approximate surface area is 99.8 Å². The standard InChI is InChI=1S/C11H15BFNO3/c1-3-14(4-2)11(15)9-6-5-8(13)7-10(9)12(16)17/h5-7,16-17H,3-4H2,1-2H3. The number of carbonyl (C=O) groups is 1. The summed E-state index contributed by atoms with van der Waals surface area (Å²) in [5, 5.41) is 18.2. The fourth-order valence-electron chi connectivity index (χ4n) is 1.62. The molecule has 0 unspecified atom stereocenters. The molecule has 2 N–H and O–H groups in total. The maximum absolute atomic E-state index is 13.0. The Kier molecular flexibility index (Phi) is 4.66. The summed E-state index contributed by atoms with van der Waals surface area (Å²) < 4.78 is 13.0. The molecular formula is C11H15BFNO3. The van der Waals surface area contributed by atoms with Gasteiger partial charge >= 0.3 is 7.12 Å². The van der Waals surface area contributed by atoms with Crippen LogP contribution < -0.4 is 5.46 Å². The van der Waals surface area contributed by atoms with Crippen LogP contribution in [0.15, 0.2) is 18.2 Å². The molecule has 17 heavy (non-hydrogen) atoms. The summed E-state index contributed by atoms with van der Waals surface area (Å²) in [6.45, 7) is 4.65. The van der Waals surface area contributed by atoms with Crippen LogP contribution in [-0.2, 0) is 0 Å². The summed E-state index contributed by atoms with van der Waals surface area (Å²) in [6.07, 6.45) is 0. The highest BCUT2D eigenvalue weighted by atomic mass is 19.1. The molecule has 92 valence electrons. The predicted octanol–water partition coefficient (Wildman–Crippen LogP) is -0.0125. The highest BCUT2D eigenvalue weighted by Crippen LogP contribution is 2.05. The van der Waals surface area contributed by atoms with Gasteiger partial charge in [-0.05, 0) is 37.5 Å². The first-order chi connectivity index (χ1) is 8.01. The first-order valence-corrected chi connectivity index (χ1v) is 5.46. The number of rotatable bonds is 4. The van der Waals surface area contributed by atoms with E-state index in [1.54, 1.807) is 0 Å². The van der Waals surface area contributed by atoms with Gasteiger partial charge in [0.2, 0.25) is 0 Å². The molecule has 0 fully saturated rings. The van der Waals surface area contributed by atoms with Crippen molar-refractivity contribution in [3.05, 3.63) is 29.6 Å². The van der Waals surface area contributed by atoms with Crippen LogP contribution in [0.1, 0.15) is 24.2 Å². The largest absolute Gasteiger partial charge is 0.489 e. The first-order valence-electron chi connectivity index (χ1n) is 5.46. The maximum Gasteiger partial charge on any atom is 0.489 e. The van der Waals surface area contributed by atoms with Crippen LogP contribution in [0.3, 0.4) is 0 Å². The molecular weight excluding hydrogens is 224 g/mol. The molecule has 4 nitrogen and oxygen atoms in total. The molecule has 0 aliphatic carbocycles. The zero-order chi connectivity index (χ0) is 13.0. The number of hydrogen-bond acceptors (Lipinski definition) is 3. The van der Waals surface area contributed by atoms with Crippen molar-refractivity contribution in [1.29, 1.82) is 0 Å². The molecule has 0 saturated heterocycles. The maximum atomic E-state index is 13.0. The van der Waals surface area contributed by atoms with E-state index in [4.69, 9.17) is 10.0 Å². The number of halogens is 1. The van der Waals surface area contributed by atoms with Crippen molar-refractivity contribution in [3.8, 4) is 0 Å². The molecule has 0 radical (unpaired) electrons. The summed E-state index contributed by atoms with van der Waals surface area (Å²) in [7, 11) is -1.86. The SMILES string of the molecule is CCN(CC)C(=O)c1ccc(F)cc1B(O)O. The van der Waals surface area contributed by atoms with E-state index in [-0.39, 0.29) is 16.9 Å². The van der Waals surface area contributed by atoms with Gasteiger partial charge in [-0.15, -0.1) is 0 Å². The summed E-state index contributed by atoms with van der Waals surface area (Å²) in [6, 6.07) is 3.36. The second kappa shape index (κ2) is 5.79. The number of carbonyl (C=O) groups excluding carboxylic acids is 1. The fraction of sp³-hybridized carbons (Fsp3) is 0.364. The number of nitrogens with zero attached hydrogens (tertiary/aromatic N) is 1. The van der Waals surface area contributed by atoms with E-state index in [9.17, 15) is 9.18 Å².